The molecule has 0 radical (unpaired) electrons. The minimum Gasteiger partial charge on any atom is -0.481 e. The van der Waals surface area contributed by atoms with E-state index in [0.717, 1.165) is 6.07 Å². The summed E-state index contributed by atoms with van der Waals surface area (Å²) in [6, 6.07) is 7.99. The van der Waals surface area contributed by atoms with E-state index in [9.17, 15) is 18.0 Å². The van der Waals surface area contributed by atoms with E-state index >= 15 is 0 Å². The number of amides is 1. The maximum absolute atomic E-state index is 13.1. The van der Waals surface area contributed by atoms with Crippen LogP contribution in [0, 0.1) is 0 Å². The van der Waals surface area contributed by atoms with E-state index in [0.29, 0.717) is 18.9 Å². The van der Waals surface area contributed by atoms with Gasteiger partial charge in [0.05, 0.1) is 11.1 Å². The van der Waals surface area contributed by atoms with Gasteiger partial charge in [-0.3, -0.25) is 4.79 Å². The number of anilines is 1. The Morgan fingerprint density at radius 3 is 2.28 bits per heavy atom. The average molecular weight is 350 g/mol. The Hall–Kier alpha value is -2.84. The van der Waals surface area contributed by atoms with Gasteiger partial charge in [0.2, 0.25) is 0 Å². The van der Waals surface area contributed by atoms with Gasteiger partial charge in [-0.25, -0.2) is 5.10 Å². The number of nitrogens with zero attached hydrogens (tertiary/aromatic N) is 4. The fourth-order valence-corrected chi connectivity index (χ4v) is 2.72. The molecule has 0 saturated carbocycles. The van der Waals surface area contributed by atoms with Crippen LogP contribution < -0.4 is 4.90 Å². The Kier molecular flexibility index (Phi) is 4.47. The third-order valence-corrected chi connectivity index (χ3v) is 4.00. The zero-order valence-corrected chi connectivity index (χ0v) is 13.1. The van der Waals surface area contributed by atoms with E-state index in [1.54, 1.807) is 6.07 Å². The Morgan fingerprint density at radius 1 is 1.00 bits per heavy atom. The van der Waals surface area contributed by atoms with Gasteiger partial charge in [-0.1, -0.05) is 18.2 Å². The van der Waals surface area contributed by atoms with Gasteiger partial charge in [0.25, 0.3) is 5.91 Å². The van der Waals surface area contributed by atoms with Crippen LogP contribution in [0.1, 0.15) is 15.9 Å². The van der Waals surface area contributed by atoms with Crippen LogP contribution in [0.4, 0.5) is 24.8 Å². The first-order valence-corrected chi connectivity index (χ1v) is 7.62. The van der Waals surface area contributed by atoms with Crippen LogP contribution >= 0.6 is 0 Å². The zero-order chi connectivity index (χ0) is 18.0. The van der Waals surface area contributed by atoms with Crippen LogP contribution in [0.25, 0.3) is 5.73 Å². The highest BCUT2D eigenvalue weighted by atomic mass is 19.4. The topological polar surface area (TPSA) is 73.1 Å². The SMILES string of the molecule is [NH-]c1ccc(N2CCN(C(=O)c3ccccc3C(F)(F)F)CC2)nn1. The van der Waals surface area contributed by atoms with Crippen LogP contribution in [-0.2, 0) is 6.18 Å². The van der Waals surface area contributed by atoms with Gasteiger partial charge < -0.3 is 20.6 Å². The predicted molar refractivity (Wildman–Crippen MR) is 85.6 cm³/mol. The summed E-state index contributed by atoms with van der Waals surface area (Å²) < 4.78 is 39.2. The third kappa shape index (κ3) is 3.65. The number of alkyl halides is 3. The average Bonchev–Trinajstić information content (AvgIpc) is 2.61. The van der Waals surface area contributed by atoms with E-state index in [-0.39, 0.29) is 24.5 Å². The number of carbonyl (C=O) groups is 1. The largest absolute Gasteiger partial charge is 0.481 e. The van der Waals surface area contributed by atoms with E-state index < -0.39 is 17.6 Å². The Labute approximate surface area is 142 Å². The molecule has 0 unspecified atom stereocenters. The molecule has 0 spiro atoms. The molecular weight excluding hydrogens is 335 g/mol. The summed E-state index contributed by atoms with van der Waals surface area (Å²) in [6.45, 7) is 1.45. The molecule has 1 saturated heterocycles. The number of benzene rings is 1. The van der Waals surface area contributed by atoms with Gasteiger partial charge in [-0.15, -0.1) is 0 Å². The van der Waals surface area contributed by atoms with Crippen LogP contribution in [0.15, 0.2) is 36.4 Å². The lowest BCUT2D eigenvalue weighted by atomic mass is 10.1. The number of halogens is 3. The van der Waals surface area contributed by atoms with E-state index in [1.165, 1.54) is 29.2 Å². The molecule has 0 atom stereocenters. The summed E-state index contributed by atoms with van der Waals surface area (Å²) in [6.07, 6.45) is -4.57. The molecule has 6 nitrogen and oxygen atoms in total. The standard InChI is InChI=1S/C16H15F3N5O/c17-16(18,19)12-4-2-1-3-11(12)15(25)24-9-7-23(8-10-24)14-6-5-13(20)21-22-14/h1-6H,7-10H2,(H-,20,21)/q-1. The van der Waals surface area contributed by atoms with Gasteiger partial charge in [0.1, 0.15) is 5.82 Å². The van der Waals surface area contributed by atoms with Crippen molar-refractivity contribution < 1.29 is 18.0 Å². The minimum atomic E-state index is -4.57. The molecule has 0 aliphatic carbocycles. The van der Waals surface area contributed by atoms with Gasteiger partial charge in [0.15, 0.2) is 0 Å². The molecular formula is C16H15F3N5O-. The lowest BCUT2D eigenvalue weighted by Crippen LogP contribution is -2.49. The first-order chi connectivity index (χ1) is 11.9. The molecule has 0 bridgehead atoms. The highest BCUT2D eigenvalue weighted by molar-refractivity contribution is 5.96. The van der Waals surface area contributed by atoms with Crippen LogP contribution in [0.2, 0.25) is 0 Å². The number of aromatic nitrogens is 2. The van der Waals surface area contributed by atoms with Crippen molar-refractivity contribution in [1.82, 2.24) is 15.1 Å². The predicted octanol–water partition coefficient (Wildman–Crippen LogP) is 3.14. The van der Waals surface area contributed by atoms with Crippen molar-refractivity contribution in [3.8, 4) is 0 Å². The molecule has 1 amide bonds. The van der Waals surface area contributed by atoms with Crippen molar-refractivity contribution in [1.29, 1.82) is 0 Å². The molecule has 1 N–H and O–H groups in total. The molecule has 1 aliphatic rings. The highest BCUT2D eigenvalue weighted by Crippen LogP contribution is 2.32. The number of piperazine rings is 1. The maximum atomic E-state index is 13.1. The van der Waals surface area contributed by atoms with Crippen molar-refractivity contribution >= 4 is 17.5 Å². The quantitative estimate of drug-likeness (QED) is 0.834. The molecule has 132 valence electrons. The fourth-order valence-electron chi connectivity index (χ4n) is 2.72. The van der Waals surface area contributed by atoms with E-state index in [1.807, 2.05) is 4.90 Å². The Bertz CT molecular complexity index is 755. The van der Waals surface area contributed by atoms with Crippen molar-refractivity contribution in [2.75, 3.05) is 31.1 Å². The van der Waals surface area contributed by atoms with Crippen LogP contribution in [-0.4, -0.2) is 47.2 Å². The highest BCUT2D eigenvalue weighted by Gasteiger charge is 2.36. The summed E-state index contributed by atoms with van der Waals surface area (Å²) in [5.74, 6) is 0.0141. The number of hydrogen-bond donors (Lipinski definition) is 0. The first-order valence-electron chi connectivity index (χ1n) is 7.62. The summed E-state index contributed by atoms with van der Waals surface area (Å²) in [5.41, 5.74) is 6.07. The molecule has 1 aliphatic heterocycles. The van der Waals surface area contributed by atoms with E-state index in [4.69, 9.17) is 5.73 Å². The molecule has 1 aromatic carbocycles. The van der Waals surface area contributed by atoms with Crippen molar-refractivity contribution in [2.24, 2.45) is 0 Å². The van der Waals surface area contributed by atoms with Gasteiger partial charge in [0, 0.05) is 26.2 Å². The van der Waals surface area contributed by atoms with Gasteiger partial charge >= 0.3 is 6.18 Å². The normalized spacial score (nSPS) is 15.3. The molecule has 2 aromatic rings. The number of hydrogen-bond acceptors (Lipinski definition) is 4. The lowest BCUT2D eigenvalue weighted by Gasteiger charge is -2.36. The van der Waals surface area contributed by atoms with Crippen LogP contribution in [0.5, 0.6) is 0 Å². The molecule has 1 fully saturated rings. The summed E-state index contributed by atoms with van der Waals surface area (Å²) in [5, 5.41) is 7.58. The number of nitrogens with one attached hydrogen (secondary N) is 1. The Balaban J connectivity index is 1.71. The molecule has 9 heteroatoms. The second-order valence-electron chi connectivity index (χ2n) is 5.60. The lowest BCUT2D eigenvalue weighted by molar-refractivity contribution is -0.138. The summed E-state index contributed by atoms with van der Waals surface area (Å²) >= 11 is 0. The van der Waals surface area contributed by atoms with Crippen molar-refractivity contribution in [3.63, 3.8) is 0 Å². The van der Waals surface area contributed by atoms with Gasteiger partial charge in [-0.2, -0.15) is 13.2 Å². The number of rotatable bonds is 2. The van der Waals surface area contributed by atoms with Gasteiger partial charge in [-0.05, 0) is 24.0 Å². The summed E-state index contributed by atoms with van der Waals surface area (Å²) in [7, 11) is 0. The maximum Gasteiger partial charge on any atom is 0.417 e. The molecule has 2 heterocycles. The van der Waals surface area contributed by atoms with E-state index in [2.05, 4.69) is 10.2 Å². The fraction of sp³-hybridized carbons (Fsp3) is 0.312. The molecule has 25 heavy (non-hydrogen) atoms. The smallest absolute Gasteiger partial charge is 0.417 e. The third-order valence-electron chi connectivity index (χ3n) is 4.00. The van der Waals surface area contributed by atoms with Crippen molar-refractivity contribution in [3.05, 3.63) is 53.3 Å². The molecule has 3 rings (SSSR count). The zero-order valence-electron chi connectivity index (χ0n) is 13.1. The Morgan fingerprint density at radius 2 is 1.68 bits per heavy atom. The molecule has 1 aromatic heterocycles. The number of carbonyl (C=O) groups excluding carboxylic acids is 1. The second kappa shape index (κ2) is 6.58. The second-order valence-corrected chi connectivity index (χ2v) is 5.60. The summed E-state index contributed by atoms with van der Waals surface area (Å²) in [4.78, 5) is 15.8. The first kappa shape index (κ1) is 17.0. The monoisotopic (exact) mass is 350 g/mol. The minimum absolute atomic E-state index is 0.0568. The van der Waals surface area contributed by atoms with Crippen LogP contribution in [0.3, 0.4) is 0 Å². The van der Waals surface area contributed by atoms with Crippen molar-refractivity contribution in [2.45, 2.75) is 6.18 Å².